The van der Waals surface area contributed by atoms with Crippen LogP contribution in [0.4, 0.5) is 5.69 Å². The number of nitrogens with one attached hydrogen (secondary N) is 2. The van der Waals surface area contributed by atoms with Gasteiger partial charge in [-0.25, -0.2) is 0 Å². The van der Waals surface area contributed by atoms with Gasteiger partial charge in [0, 0.05) is 17.3 Å². The maximum absolute atomic E-state index is 11.6. The van der Waals surface area contributed by atoms with Gasteiger partial charge < -0.3 is 16.4 Å². The topological polar surface area (TPSA) is 84.2 Å². The first-order chi connectivity index (χ1) is 8.15. The third kappa shape index (κ3) is 3.48. The fraction of sp³-hybridized carbons (Fsp3) is 0.333. The summed E-state index contributed by atoms with van der Waals surface area (Å²) < 4.78 is 0. The molecular formula is C12H15N3O2. The highest BCUT2D eigenvalue weighted by Gasteiger charge is 2.23. The molecule has 1 aromatic carbocycles. The number of hydrogen-bond acceptors (Lipinski definition) is 3. The van der Waals surface area contributed by atoms with Gasteiger partial charge in [-0.3, -0.25) is 9.59 Å². The summed E-state index contributed by atoms with van der Waals surface area (Å²) in [5.41, 5.74) is 6.62. The molecular weight excluding hydrogens is 218 g/mol. The molecule has 0 radical (unpaired) electrons. The highest BCUT2D eigenvalue weighted by atomic mass is 16.2. The lowest BCUT2D eigenvalue weighted by molar-refractivity contribution is -0.120. The van der Waals surface area contributed by atoms with E-state index in [4.69, 9.17) is 5.73 Å². The summed E-state index contributed by atoms with van der Waals surface area (Å²) in [5, 5.41) is 5.36. The van der Waals surface area contributed by atoms with Gasteiger partial charge in [0.15, 0.2) is 0 Å². The number of carbonyl (C=O) groups is 2. The predicted molar refractivity (Wildman–Crippen MR) is 64.4 cm³/mol. The van der Waals surface area contributed by atoms with Gasteiger partial charge in [0.25, 0.3) is 5.91 Å². The highest BCUT2D eigenvalue weighted by Crippen LogP contribution is 2.18. The summed E-state index contributed by atoms with van der Waals surface area (Å²) in [7, 11) is 0. The summed E-state index contributed by atoms with van der Waals surface area (Å²) >= 11 is 0. The smallest absolute Gasteiger partial charge is 0.251 e. The van der Waals surface area contributed by atoms with Crippen LogP contribution in [0.25, 0.3) is 0 Å². The van der Waals surface area contributed by atoms with Gasteiger partial charge in [0.2, 0.25) is 5.91 Å². The standard InChI is InChI=1S/C12H15N3O2/c13-9-3-1-8(2-4-9)12(17)14-7-11(16)15-10-5-6-10/h1-4,10H,5-7,13H2,(H,14,17)(H,15,16). The van der Waals surface area contributed by atoms with Gasteiger partial charge >= 0.3 is 0 Å². The van der Waals surface area contributed by atoms with Crippen LogP contribution < -0.4 is 16.4 Å². The van der Waals surface area contributed by atoms with E-state index in [1.54, 1.807) is 24.3 Å². The molecule has 0 aromatic heterocycles. The second kappa shape index (κ2) is 4.86. The third-order valence-corrected chi connectivity index (χ3v) is 2.52. The first kappa shape index (κ1) is 11.4. The van der Waals surface area contributed by atoms with Gasteiger partial charge in [0.1, 0.15) is 0 Å². The van der Waals surface area contributed by atoms with E-state index in [1.807, 2.05) is 0 Å². The summed E-state index contributed by atoms with van der Waals surface area (Å²) in [6.07, 6.45) is 2.08. The molecule has 4 N–H and O–H groups in total. The molecule has 1 aliphatic rings. The number of carbonyl (C=O) groups excluding carboxylic acids is 2. The van der Waals surface area contributed by atoms with E-state index >= 15 is 0 Å². The van der Waals surface area contributed by atoms with Gasteiger partial charge in [-0.1, -0.05) is 0 Å². The van der Waals surface area contributed by atoms with E-state index in [0.717, 1.165) is 12.8 Å². The zero-order valence-electron chi connectivity index (χ0n) is 9.40. The largest absolute Gasteiger partial charge is 0.399 e. The number of rotatable bonds is 4. The van der Waals surface area contributed by atoms with Crippen molar-refractivity contribution in [1.29, 1.82) is 0 Å². The molecule has 0 unspecified atom stereocenters. The minimum absolute atomic E-state index is 0.0136. The van der Waals surface area contributed by atoms with Crippen LogP contribution in [0.2, 0.25) is 0 Å². The number of anilines is 1. The van der Waals surface area contributed by atoms with Crippen LogP contribution in [0.3, 0.4) is 0 Å². The zero-order chi connectivity index (χ0) is 12.3. The molecule has 1 aromatic rings. The fourth-order valence-corrected chi connectivity index (χ4v) is 1.40. The second-order valence-corrected chi connectivity index (χ2v) is 4.15. The average Bonchev–Trinajstić information content (AvgIpc) is 3.11. The molecule has 17 heavy (non-hydrogen) atoms. The molecule has 0 atom stereocenters. The third-order valence-electron chi connectivity index (χ3n) is 2.52. The molecule has 0 bridgehead atoms. The van der Waals surface area contributed by atoms with E-state index in [1.165, 1.54) is 0 Å². The summed E-state index contributed by atoms with van der Waals surface area (Å²) in [6.45, 7) is 0.0136. The van der Waals surface area contributed by atoms with Crippen molar-refractivity contribution in [3.63, 3.8) is 0 Å². The minimum atomic E-state index is -0.268. The fourth-order valence-electron chi connectivity index (χ4n) is 1.40. The number of nitrogen functional groups attached to an aromatic ring is 1. The summed E-state index contributed by atoms with van der Waals surface area (Å²) in [5.74, 6) is -0.410. The molecule has 0 aliphatic heterocycles. The van der Waals surface area contributed by atoms with Crippen LogP contribution >= 0.6 is 0 Å². The quantitative estimate of drug-likeness (QED) is 0.653. The predicted octanol–water partition coefficient (Wildman–Crippen LogP) is 0.277. The summed E-state index contributed by atoms with van der Waals surface area (Å²) in [4.78, 5) is 23.0. The van der Waals surface area contributed by atoms with Crippen molar-refractivity contribution in [2.75, 3.05) is 12.3 Å². The second-order valence-electron chi connectivity index (χ2n) is 4.15. The van der Waals surface area contributed by atoms with E-state index in [2.05, 4.69) is 10.6 Å². The van der Waals surface area contributed by atoms with Crippen molar-refractivity contribution in [3.05, 3.63) is 29.8 Å². The Balaban J connectivity index is 1.79. The lowest BCUT2D eigenvalue weighted by atomic mass is 10.2. The van der Waals surface area contributed by atoms with Gasteiger partial charge in [0.05, 0.1) is 6.54 Å². The Labute approximate surface area is 99.4 Å². The van der Waals surface area contributed by atoms with Gasteiger partial charge in [-0.15, -0.1) is 0 Å². The minimum Gasteiger partial charge on any atom is -0.399 e. The Morgan fingerprint density at radius 1 is 1.24 bits per heavy atom. The van der Waals surface area contributed by atoms with E-state index < -0.39 is 0 Å². The van der Waals surface area contributed by atoms with Crippen LogP contribution in [-0.2, 0) is 4.79 Å². The Hall–Kier alpha value is -2.04. The molecule has 2 amide bonds. The van der Waals surface area contributed by atoms with Crippen LogP contribution in [-0.4, -0.2) is 24.4 Å². The summed E-state index contributed by atoms with van der Waals surface area (Å²) in [6, 6.07) is 6.88. The number of hydrogen-bond donors (Lipinski definition) is 3. The maximum Gasteiger partial charge on any atom is 0.251 e. The van der Waals surface area contributed by atoms with Crippen molar-refractivity contribution in [2.24, 2.45) is 0 Å². The first-order valence-electron chi connectivity index (χ1n) is 5.58. The molecule has 5 heteroatoms. The van der Waals surface area contributed by atoms with Crippen molar-refractivity contribution in [1.82, 2.24) is 10.6 Å². The lowest BCUT2D eigenvalue weighted by Gasteiger charge is -2.06. The van der Waals surface area contributed by atoms with Crippen LogP contribution in [0.1, 0.15) is 23.2 Å². The van der Waals surface area contributed by atoms with Crippen LogP contribution in [0.5, 0.6) is 0 Å². The van der Waals surface area contributed by atoms with Gasteiger partial charge in [-0.05, 0) is 37.1 Å². The number of nitrogens with two attached hydrogens (primary N) is 1. The SMILES string of the molecule is Nc1ccc(C(=O)NCC(=O)NC2CC2)cc1. The van der Waals surface area contributed by atoms with Crippen molar-refractivity contribution < 1.29 is 9.59 Å². The van der Waals surface area contributed by atoms with E-state index in [0.29, 0.717) is 17.3 Å². The molecule has 5 nitrogen and oxygen atoms in total. The zero-order valence-corrected chi connectivity index (χ0v) is 9.40. The number of benzene rings is 1. The molecule has 1 fully saturated rings. The Bertz CT molecular complexity index is 424. The van der Waals surface area contributed by atoms with Crippen molar-refractivity contribution in [2.45, 2.75) is 18.9 Å². The van der Waals surface area contributed by atoms with Crippen LogP contribution in [0, 0.1) is 0 Å². The number of amides is 2. The van der Waals surface area contributed by atoms with Crippen molar-refractivity contribution in [3.8, 4) is 0 Å². The average molecular weight is 233 g/mol. The Morgan fingerprint density at radius 3 is 2.47 bits per heavy atom. The molecule has 2 rings (SSSR count). The van der Waals surface area contributed by atoms with Gasteiger partial charge in [-0.2, -0.15) is 0 Å². The Morgan fingerprint density at radius 2 is 1.88 bits per heavy atom. The van der Waals surface area contributed by atoms with Crippen LogP contribution in [0.15, 0.2) is 24.3 Å². The maximum atomic E-state index is 11.6. The molecule has 1 aliphatic carbocycles. The Kier molecular flexibility index (Phi) is 3.27. The molecule has 0 saturated heterocycles. The normalized spacial score (nSPS) is 14.1. The molecule has 1 saturated carbocycles. The lowest BCUT2D eigenvalue weighted by Crippen LogP contribution is -2.37. The highest BCUT2D eigenvalue weighted by molar-refractivity contribution is 5.96. The molecule has 90 valence electrons. The monoisotopic (exact) mass is 233 g/mol. The molecule has 0 heterocycles. The van der Waals surface area contributed by atoms with E-state index in [-0.39, 0.29) is 18.4 Å². The van der Waals surface area contributed by atoms with E-state index in [9.17, 15) is 9.59 Å². The van der Waals surface area contributed by atoms with Crippen molar-refractivity contribution >= 4 is 17.5 Å². The molecule has 0 spiro atoms. The first-order valence-corrected chi connectivity index (χ1v) is 5.58.